The Morgan fingerprint density at radius 2 is 2.22 bits per heavy atom. The second-order valence-corrected chi connectivity index (χ2v) is 9.81. The van der Waals surface area contributed by atoms with Crippen molar-refractivity contribution < 1.29 is 4.79 Å². The smallest absolute Gasteiger partial charge is 0.294 e. The maximum absolute atomic E-state index is 13.2. The number of rotatable bonds is 6. The Morgan fingerprint density at radius 3 is 3.03 bits per heavy atom. The molecular formula is C24H27N5O2S. The van der Waals surface area contributed by atoms with E-state index in [0.717, 1.165) is 29.2 Å². The third-order valence-electron chi connectivity index (χ3n) is 6.24. The normalized spacial score (nSPS) is 17.6. The number of carbonyl (C=O) groups is 1. The first kappa shape index (κ1) is 20.9. The van der Waals surface area contributed by atoms with E-state index in [-0.39, 0.29) is 23.3 Å². The van der Waals surface area contributed by atoms with E-state index in [0.29, 0.717) is 19.4 Å². The fourth-order valence-electron chi connectivity index (χ4n) is 4.53. The van der Waals surface area contributed by atoms with Gasteiger partial charge in [-0.05, 0) is 43.9 Å². The van der Waals surface area contributed by atoms with Gasteiger partial charge in [-0.15, -0.1) is 11.3 Å². The van der Waals surface area contributed by atoms with Gasteiger partial charge in [0.2, 0.25) is 5.91 Å². The molecule has 3 aromatic rings. The zero-order valence-electron chi connectivity index (χ0n) is 18.3. The SMILES string of the molecule is Cc1cccc([C@@H](C)Nc2ncc3n(c2=O)C(C(=O)NCc2cc4c(s2)CNC4)CC3)c1. The summed E-state index contributed by atoms with van der Waals surface area (Å²) >= 11 is 1.74. The van der Waals surface area contributed by atoms with E-state index in [9.17, 15) is 9.59 Å². The molecule has 8 heteroatoms. The second-order valence-electron chi connectivity index (χ2n) is 8.59. The Bertz CT molecular complexity index is 1210. The van der Waals surface area contributed by atoms with Gasteiger partial charge in [0, 0.05) is 34.7 Å². The van der Waals surface area contributed by atoms with Crippen molar-refractivity contribution in [1.29, 1.82) is 0 Å². The Kier molecular flexibility index (Phi) is 5.57. The molecule has 1 unspecified atom stereocenters. The van der Waals surface area contributed by atoms with Crippen molar-refractivity contribution in [1.82, 2.24) is 20.2 Å². The molecule has 2 aliphatic heterocycles. The molecule has 32 heavy (non-hydrogen) atoms. The Hall–Kier alpha value is -2.97. The fraction of sp³-hybridized carbons (Fsp3) is 0.375. The Labute approximate surface area is 190 Å². The summed E-state index contributed by atoms with van der Waals surface area (Å²) in [5.74, 6) is 0.172. The van der Waals surface area contributed by atoms with E-state index >= 15 is 0 Å². The molecule has 2 aliphatic rings. The number of amides is 1. The van der Waals surface area contributed by atoms with Gasteiger partial charge in [0.1, 0.15) is 6.04 Å². The summed E-state index contributed by atoms with van der Waals surface area (Å²) in [6.07, 6.45) is 3.01. The molecule has 5 rings (SSSR count). The van der Waals surface area contributed by atoms with E-state index in [2.05, 4.69) is 33.1 Å². The van der Waals surface area contributed by atoms with E-state index in [1.165, 1.54) is 16.0 Å². The van der Waals surface area contributed by atoms with Crippen LogP contribution in [0, 0.1) is 6.92 Å². The van der Waals surface area contributed by atoms with Gasteiger partial charge >= 0.3 is 0 Å². The van der Waals surface area contributed by atoms with Crippen LogP contribution in [0.1, 0.15) is 57.6 Å². The van der Waals surface area contributed by atoms with Crippen LogP contribution in [0.3, 0.4) is 0 Å². The van der Waals surface area contributed by atoms with Crippen LogP contribution in [0.2, 0.25) is 0 Å². The van der Waals surface area contributed by atoms with Crippen LogP contribution in [-0.4, -0.2) is 15.5 Å². The van der Waals surface area contributed by atoms with Crippen LogP contribution < -0.4 is 21.5 Å². The highest BCUT2D eigenvalue weighted by Gasteiger charge is 2.31. The lowest BCUT2D eigenvalue weighted by Gasteiger charge is -2.18. The zero-order valence-corrected chi connectivity index (χ0v) is 19.1. The number of anilines is 1. The van der Waals surface area contributed by atoms with Crippen molar-refractivity contribution in [2.75, 3.05) is 5.32 Å². The highest BCUT2D eigenvalue weighted by atomic mass is 32.1. The third-order valence-corrected chi connectivity index (χ3v) is 7.42. The fourth-order valence-corrected chi connectivity index (χ4v) is 5.63. The number of hydrogen-bond donors (Lipinski definition) is 3. The first-order valence-corrected chi connectivity index (χ1v) is 11.8. The van der Waals surface area contributed by atoms with Gasteiger partial charge in [-0.2, -0.15) is 0 Å². The van der Waals surface area contributed by atoms with Crippen LogP contribution >= 0.6 is 11.3 Å². The summed E-state index contributed by atoms with van der Waals surface area (Å²) in [5, 5.41) is 9.61. The Morgan fingerprint density at radius 1 is 1.34 bits per heavy atom. The number of aromatic nitrogens is 2. The molecule has 1 amide bonds. The first-order chi connectivity index (χ1) is 15.5. The molecule has 7 nitrogen and oxygen atoms in total. The van der Waals surface area contributed by atoms with E-state index in [4.69, 9.17) is 0 Å². The molecular weight excluding hydrogens is 422 g/mol. The minimum atomic E-state index is -0.496. The van der Waals surface area contributed by atoms with Gasteiger partial charge in [-0.1, -0.05) is 29.8 Å². The maximum atomic E-state index is 13.2. The van der Waals surface area contributed by atoms with Crippen molar-refractivity contribution in [2.24, 2.45) is 0 Å². The van der Waals surface area contributed by atoms with Crippen molar-refractivity contribution in [3.05, 3.63) is 79.0 Å². The van der Waals surface area contributed by atoms with Gasteiger partial charge < -0.3 is 16.0 Å². The predicted octanol–water partition coefficient (Wildman–Crippen LogP) is 3.19. The molecule has 0 radical (unpaired) electrons. The van der Waals surface area contributed by atoms with Crippen molar-refractivity contribution in [2.45, 2.75) is 58.4 Å². The predicted molar refractivity (Wildman–Crippen MR) is 126 cm³/mol. The lowest BCUT2D eigenvalue weighted by molar-refractivity contribution is -0.124. The molecule has 2 aromatic heterocycles. The minimum Gasteiger partial charge on any atom is -0.359 e. The first-order valence-electron chi connectivity index (χ1n) is 11.0. The number of nitrogens with one attached hydrogen (secondary N) is 3. The molecule has 0 aliphatic carbocycles. The second kappa shape index (κ2) is 8.52. The van der Waals surface area contributed by atoms with Crippen molar-refractivity contribution >= 4 is 23.1 Å². The number of aryl methyl sites for hydroxylation is 2. The molecule has 0 saturated carbocycles. The lowest BCUT2D eigenvalue weighted by Crippen LogP contribution is -2.36. The largest absolute Gasteiger partial charge is 0.359 e. The summed E-state index contributed by atoms with van der Waals surface area (Å²) in [4.78, 5) is 33.1. The zero-order chi connectivity index (χ0) is 22.2. The molecule has 2 atom stereocenters. The Balaban J connectivity index is 1.31. The van der Waals surface area contributed by atoms with Gasteiger partial charge in [-0.3, -0.25) is 14.2 Å². The number of thiophene rings is 1. The summed E-state index contributed by atoms with van der Waals surface area (Å²) in [5.41, 5.74) is 4.15. The summed E-state index contributed by atoms with van der Waals surface area (Å²) in [6.45, 7) is 6.35. The van der Waals surface area contributed by atoms with Crippen molar-refractivity contribution in [3.8, 4) is 0 Å². The van der Waals surface area contributed by atoms with Gasteiger partial charge in [0.25, 0.3) is 5.56 Å². The van der Waals surface area contributed by atoms with Crippen LogP contribution in [0.5, 0.6) is 0 Å². The number of benzene rings is 1. The number of fused-ring (bicyclic) bond motifs is 2. The molecule has 0 spiro atoms. The molecule has 0 bridgehead atoms. The van der Waals surface area contributed by atoms with E-state index in [1.54, 1.807) is 22.1 Å². The highest BCUT2D eigenvalue weighted by molar-refractivity contribution is 7.12. The van der Waals surface area contributed by atoms with Crippen LogP contribution in [0.25, 0.3) is 0 Å². The lowest BCUT2D eigenvalue weighted by atomic mass is 10.1. The molecule has 3 N–H and O–H groups in total. The molecule has 0 fully saturated rings. The number of hydrogen-bond acceptors (Lipinski definition) is 6. The maximum Gasteiger partial charge on any atom is 0.294 e. The molecule has 0 saturated heterocycles. The molecule has 166 valence electrons. The standard InChI is InChI=1S/C24H27N5O2S/c1-14-4-3-5-16(8-14)15(2)28-22-24(31)29-18(11-26-22)6-7-20(29)23(30)27-12-19-9-17-10-25-13-21(17)32-19/h3-5,8-9,11,15,20,25H,6-7,10,12-13H2,1-2H3,(H,26,28)(H,27,30)/t15-,20?/m1/s1. The quantitative estimate of drug-likeness (QED) is 0.538. The number of nitrogens with zero attached hydrogens (tertiary/aromatic N) is 2. The van der Waals surface area contributed by atoms with Gasteiger partial charge in [-0.25, -0.2) is 4.98 Å². The van der Waals surface area contributed by atoms with Crippen LogP contribution in [0.4, 0.5) is 5.82 Å². The minimum absolute atomic E-state index is 0.0716. The van der Waals surface area contributed by atoms with Crippen LogP contribution in [-0.2, 0) is 30.8 Å². The molecule has 4 heterocycles. The average Bonchev–Trinajstić information content (AvgIpc) is 3.49. The summed E-state index contributed by atoms with van der Waals surface area (Å²) < 4.78 is 1.62. The summed E-state index contributed by atoms with van der Waals surface area (Å²) in [6, 6.07) is 9.76. The third kappa shape index (κ3) is 3.96. The average molecular weight is 450 g/mol. The number of carbonyl (C=O) groups excluding carboxylic acids is 1. The van der Waals surface area contributed by atoms with E-state index in [1.807, 2.05) is 32.0 Å². The monoisotopic (exact) mass is 449 g/mol. The van der Waals surface area contributed by atoms with Crippen LogP contribution in [0.15, 0.2) is 41.3 Å². The van der Waals surface area contributed by atoms with E-state index < -0.39 is 6.04 Å². The topological polar surface area (TPSA) is 88.0 Å². The highest BCUT2D eigenvalue weighted by Crippen LogP contribution is 2.28. The van der Waals surface area contributed by atoms with Gasteiger partial charge in [0.15, 0.2) is 5.82 Å². The van der Waals surface area contributed by atoms with Crippen molar-refractivity contribution in [3.63, 3.8) is 0 Å². The van der Waals surface area contributed by atoms with Gasteiger partial charge in [0.05, 0.1) is 12.6 Å². The molecule has 1 aromatic carbocycles. The summed E-state index contributed by atoms with van der Waals surface area (Å²) in [7, 11) is 0.